The number of carbonyl (C=O) groups is 2. The number of aryl methyl sites for hydroxylation is 1. The van der Waals surface area contributed by atoms with Gasteiger partial charge in [0.25, 0.3) is 0 Å². The lowest BCUT2D eigenvalue weighted by molar-refractivity contribution is -0.116. The summed E-state index contributed by atoms with van der Waals surface area (Å²) in [5.74, 6) is -0.323. The monoisotopic (exact) mass is 361 g/mol. The Kier molecular flexibility index (Phi) is 5.73. The fourth-order valence-electron chi connectivity index (χ4n) is 2.51. The summed E-state index contributed by atoms with van der Waals surface area (Å²) in [7, 11) is 0. The second kappa shape index (κ2) is 8.57. The van der Waals surface area contributed by atoms with Gasteiger partial charge in [-0.3, -0.25) is 14.2 Å². The topological polar surface area (TPSA) is 88.9 Å². The molecule has 27 heavy (non-hydrogen) atoms. The standard InChI is InChI=1S/C20H19N5O2/c1-2-19(26)23-16-9-6-15(7-10-16)8-11-20(27)24-17-4-3-5-18(12-17)25-13-21-22-14-25/h2-7,9-10,12-14H,1,8,11H2,(H,23,26)(H,24,27). The average Bonchev–Trinajstić information content (AvgIpc) is 3.22. The second-order valence-electron chi connectivity index (χ2n) is 5.86. The van der Waals surface area contributed by atoms with Crippen LogP contribution in [0.1, 0.15) is 12.0 Å². The second-order valence-corrected chi connectivity index (χ2v) is 5.86. The highest BCUT2D eigenvalue weighted by molar-refractivity contribution is 5.98. The first kappa shape index (κ1) is 18.1. The van der Waals surface area contributed by atoms with Crippen LogP contribution in [0.5, 0.6) is 0 Å². The first-order chi connectivity index (χ1) is 13.1. The Morgan fingerprint density at radius 3 is 2.44 bits per heavy atom. The minimum absolute atomic E-state index is 0.0695. The highest BCUT2D eigenvalue weighted by Crippen LogP contribution is 2.15. The van der Waals surface area contributed by atoms with E-state index in [0.717, 1.165) is 11.3 Å². The van der Waals surface area contributed by atoms with E-state index in [1.54, 1.807) is 29.4 Å². The number of hydrogen-bond donors (Lipinski definition) is 2. The van der Waals surface area contributed by atoms with Crippen molar-refractivity contribution in [3.05, 3.63) is 79.4 Å². The maximum absolute atomic E-state index is 12.2. The minimum Gasteiger partial charge on any atom is -0.326 e. The molecule has 3 rings (SSSR count). The third-order valence-corrected chi connectivity index (χ3v) is 3.89. The number of anilines is 2. The lowest BCUT2D eigenvalue weighted by atomic mass is 10.1. The van der Waals surface area contributed by atoms with Crippen LogP contribution in [0.2, 0.25) is 0 Å². The van der Waals surface area contributed by atoms with Gasteiger partial charge >= 0.3 is 0 Å². The van der Waals surface area contributed by atoms with Gasteiger partial charge < -0.3 is 10.6 Å². The number of nitrogens with zero attached hydrogens (tertiary/aromatic N) is 3. The Morgan fingerprint density at radius 1 is 1.00 bits per heavy atom. The van der Waals surface area contributed by atoms with Crippen LogP contribution in [0.25, 0.3) is 5.69 Å². The molecule has 0 spiro atoms. The van der Waals surface area contributed by atoms with Gasteiger partial charge in [0.05, 0.1) is 5.69 Å². The van der Waals surface area contributed by atoms with Crippen LogP contribution in [-0.4, -0.2) is 26.6 Å². The maximum Gasteiger partial charge on any atom is 0.247 e. The summed E-state index contributed by atoms with van der Waals surface area (Å²) < 4.78 is 1.77. The zero-order valence-electron chi connectivity index (χ0n) is 14.6. The molecule has 1 heterocycles. The van der Waals surface area contributed by atoms with E-state index in [9.17, 15) is 9.59 Å². The van der Waals surface area contributed by atoms with Gasteiger partial charge in [-0.15, -0.1) is 10.2 Å². The highest BCUT2D eigenvalue weighted by atomic mass is 16.2. The van der Waals surface area contributed by atoms with E-state index in [4.69, 9.17) is 0 Å². The van der Waals surface area contributed by atoms with Crippen LogP contribution >= 0.6 is 0 Å². The van der Waals surface area contributed by atoms with E-state index in [1.165, 1.54) is 6.08 Å². The number of carbonyl (C=O) groups excluding carboxylic acids is 2. The molecule has 2 N–H and O–H groups in total. The van der Waals surface area contributed by atoms with E-state index < -0.39 is 0 Å². The number of aromatic nitrogens is 3. The van der Waals surface area contributed by atoms with Crippen molar-refractivity contribution in [3.63, 3.8) is 0 Å². The smallest absolute Gasteiger partial charge is 0.247 e. The minimum atomic E-state index is -0.254. The molecular weight excluding hydrogens is 342 g/mol. The molecule has 0 saturated heterocycles. The molecule has 0 bridgehead atoms. The summed E-state index contributed by atoms with van der Waals surface area (Å²) >= 11 is 0. The molecule has 0 aliphatic carbocycles. The van der Waals surface area contributed by atoms with Crippen molar-refractivity contribution in [2.75, 3.05) is 10.6 Å². The van der Waals surface area contributed by atoms with Gasteiger partial charge in [-0.1, -0.05) is 24.8 Å². The van der Waals surface area contributed by atoms with Crippen molar-refractivity contribution in [2.24, 2.45) is 0 Å². The average molecular weight is 361 g/mol. The molecule has 2 aromatic carbocycles. The Balaban J connectivity index is 1.53. The van der Waals surface area contributed by atoms with Crippen LogP contribution in [0, 0.1) is 0 Å². The molecule has 0 fully saturated rings. The summed E-state index contributed by atoms with van der Waals surface area (Å²) in [6.07, 6.45) is 5.38. The Hall–Kier alpha value is -3.74. The first-order valence-corrected chi connectivity index (χ1v) is 8.41. The van der Waals surface area contributed by atoms with Crippen LogP contribution in [0.15, 0.2) is 73.8 Å². The molecule has 2 amide bonds. The molecule has 0 saturated carbocycles. The van der Waals surface area contributed by atoms with Gasteiger partial charge in [0.1, 0.15) is 12.7 Å². The predicted octanol–water partition coefficient (Wildman–Crippen LogP) is 2.96. The molecule has 1 aromatic heterocycles. The third-order valence-electron chi connectivity index (χ3n) is 3.89. The molecule has 0 unspecified atom stereocenters. The highest BCUT2D eigenvalue weighted by Gasteiger charge is 2.05. The Labute approximate surface area is 156 Å². The quantitative estimate of drug-likeness (QED) is 0.633. The third kappa shape index (κ3) is 5.12. The van der Waals surface area contributed by atoms with E-state index in [1.807, 2.05) is 36.4 Å². The van der Waals surface area contributed by atoms with E-state index in [-0.39, 0.29) is 11.8 Å². The van der Waals surface area contributed by atoms with E-state index >= 15 is 0 Å². The zero-order chi connectivity index (χ0) is 19.1. The SMILES string of the molecule is C=CC(=O)Nc1ccc(CCC(=O)Nc2cccc(-n3cnnc3)c2)cc1. The number of amides is 2. The van der Waals surface area contributed by atoms with Crippen LogP contribution in [0.3, 0.4) is 0 Å². The Bertz CT molecular complexity index is 933. The normalized spacial score (nSPS) is 10.2. The number of rotatable bonds is 7. The lowest BCUT2D eigenvalue weighted by Gasteiger charge is -2.08. The molecule has 3 aromatic rings. The van der Waals surface area contributed by atoms with Crippen molar-refractivity contribution in [3.8, 4) is 5.69 Å². The van der Waals surface area contributed by atoms with Crippen LogP contribution in [-0.2, 0) is 16.0 Å². The van der Waals surface area contributed by atoms with Gasteiger partial charge in [0, 0.05) is 17.8 Å². The number of hydrogen-bond acceptors (Lipinski definition) is 4. The maximum atomic E-state index is 12.2. The van der Waals surface area contributed by atoms with E-state index in [2.05, 4.69) is 27.4 Å². The van der Waals surface area contributed by atoms with Gasteiger partial charge in [0.2, 0.25) is 11.8 Å². The van der Waals surface area contributed by atoms with E-state index in [0.29, 0.717) is 24.2 Å². The van der Waals surface area contributed by atoms with Crippen molar-refractivity contribution in [1.82, 2.24) is 14.8 Å². The van der Waals surface area contributed by atoms with Crippen molar-refractivity contribution < 1.29 is 9.59 Å². The first-order valence-electron chi connectivity index (χ1n) is 8.41. The van der Waals surface area contributed by atoms with Gasteiger partial charge in [-0.05, 0) is 48.4 Å². The molecule has 7 heteroatoms. The fourth-order valence-corrected chi connectivity index (χ4v) is 2.51. The molecule has 0 aliphatic rings. The fraction of sp³-hybridized carbons (Fsp3) is 0.100. The number of benzene rings is 2. The van der Waals surface area contributed by atoms with Gasteiger partial charge in [-0.2, -0.15) is 0 Å². The lowest BCUT2D eigenvalue weighted by Crippen LogP contribution is -2.12. The van der Waals surface area contributed by atoms with Crippen molar-refractivity contribution >= 4 is 23.2 Å². The van der Waals surface area contributed by atoms with Gasteiger partial charge in [-0.25, -0.2) is 0 Å². The molecular formula is C20H19N5O2. The Morgan fingerprint density at radius 2 is 1.74 bits per heavy atom. The van der Waals surface area contributed by atoms with Crippen molar-refractivity contribution in [1.29, 1.82) is 0 Å². The van der Waals surface area contributed by atoms with Crippen LogP contribution in [0.4, 0.5) is 11.4 Å². The summed E-state index contributed by atoms with van der Waals surface area (Å²) in [5, 5.41) is 13.1. The van der Waals surface area contributed by atoms with Gasteiger partial charge in [0.15, 0.2) is 0 Å². The molecule has 136 valence electrons. The summed E-state index contributed by atoms with van der Waals surface area (Å²) in [5.41, 5.74) is 3.29. The molecule has 0 aliphatic heterocycles. The molecule has 7 nitrogen and oxygen atoms in total. The van der Waals surface area contributed by atoms with Crippen molar-refractivity contribution in [2.45, 2.75) is 12.8 Å². The largest absolute Gasteiger partial charge is 0.326 e. The molecule has 0 atom stereocenters. The zero-order valence-corrected chi connectivity index (χ0v) is 14.6. The summed E-state index contributed by atoms with van der Waals surface area (Å²) in [4.78, 5) is 23.5. The van der Waals surface area contributed by atoms with Crippen LogP contribution < -0.4 is 10.6 Å². The predicted molar refractivity (Wildman–Crippen MR) is 104 cm³/mol. The molecule has 0 radical (unpaired) electrons. The number of nitrogens with one attached hydrogen (secondary N) is 2. The summed E-state index contributed by atoms with van der Waals surface area (Å²) in [6.45, 7) is 3.41. The summed E-state index contributed by atoms with van der Waals surface area (Å²) in [6, 6.07) is 14.8.